The van der Waals surface area contributed by atoms with Crippen LogP contribution in [-0.4, -0.2) is 75.1 Å². The van der Waals surface area contributed by atoms with Gasteiger partial charge in [-0.2, -0.15) is 0 Å². The van der Waals surface area contributed by atoms with Crippen molar-refractivity contribution in [2.24, 2.45) is 5.92 Å². The molecular weight excluding hydrogens is 372 g/mol. The number of benzene rings is 1. The number of fused-ring (bicyclic) bond motifs is 1. The van der Waals surface area contributed by atoms with Gasteiger partial charge in [-0.25, -0.2) is 0 Å². The van der Waals surface area contributed by atoms with Crippen LogP contribution in [0.5, 0.6) is 11.5 Å². The Labute approximate surface area is 164 Å². The van der Waals surface area contributed by atoms with Crippen molar-refractivity contribution < 1.29 is 24.1 Å². The van der Waals surface area contributed by atoms with Gasteiger partial charge in [0.05, 0.1) is 11.7 Å². The molecule has 2 heterocycles. The maximum Gasteiger partial charge on any atom is 0.255 e. The molecule has 1 fully saturated rings. The van der Waals surface area contributed by atoms with Crippen molar-refractivity contribution in [1.82, 2.24) is 10.2 Å². The Hall–Kier alpha value is -1.54. The van der Waals surface area contributed by atoms with E-state index in [1.807, 2.05) is 0 Å². The van der Waals surface area contributed by atoms with Crippen molar-refractivity contribution in [3.05, 3.63) is 22.7 Å². The number of hydrogen-bond donors (Lipinski definition) is 2. The SMILES string of the molecule is COCCCN1CCC(CNC(=O)c2cc(Cl)cc3c2OCCO3)C(O)C1. The molecule has 7 nitrogen and oxygen atoms in total. The summed E-state index contributed by atoms with van der Waals surface area (Å²) < 4.78 is 16.2. The van der Waals surface area contributed by atoms with Gasteiger partial charge in [0.1, 0.15) is 13.2 Å². The first-order valence-corrected chi connectivity index (χ1v) is 9.73. The number of rotatable bonds is 7. The summed E-state index contributed by atoms with van der Waals surface area (Å²) in [5.74, 6) is 0.675. The minimum atomic E-state index is -0.463. The summed E-state index contributed by atoms with van der Waals surface area (Å²) >= 11 is 6.10. The van der Waals surface area contributed by atoms with E-state index in [0.29, 0.717) is 48.4 Å². The smallest absolute Gasteiger partial charge is 0.255 e. The van der Waals surface area contributed by atoms with Crippen LogP contribution in [0.3, 0.4) is 0 Å². The van der Waals surface area contributed by atoms with E-state index in [9.17, 15) is 9.90 Å². The van der Waals surface area contributed by atoms with Crippen molar-refractivity contribution in [1.29, 1.82) is 0 Å². The van der Waals surface area contributed by atoms with Crippen LogP contribution in [0.4, 0.5) is 0 Å². The Morgan fingerprint density at radius 2 is 2.22 bits per heavy atom. The average molecular weight is 399 g/mol. The quantitative estimate of drug-likeness (QED) is 0.678. The first kappa shape index (κ1) is 20.2. The van der Waals surface area contributed by atoms with Gasteiger partial charge in [-0.15, -0.1) is 0 Å². The van der Waals surface area contributed by atoms with Gasteiger partial charge < -0.3 is 29.5 Å². The number of nitrogens with one attached hydrogen (secondary N) is 1. The molecule has 150 valence electrons. The van der Waals surface area contributed by atoms with Crippen LogP contribution in [0.15, 0.2) is 12.1 Å². The van der Waals surface area contributed by atoms with E-state index >= 15 is 0 Å². The molecule has 8 heteroatoms. The molecule has 2 aliphatic rings. The lowest BCUT2D eigenvalue weighted by molar-refractivity contribution is 0.0192. The zero-order valence-corrected chi connectivity index (χ0v) is 16.3. The van der Waals surface area contributed by atoms with Gasteiger partial charge in [0.2, 0.25) is 0 Å². The number of β-amino-alcohol motifs (C(OH)–C–C–N with tert-alkyl or cyclic N) is 1. The van der Waals surface area contributed by atoms with Crippen LogP contribution in [0.2, 0.25) is 5.02 Å². The van der Waals surface area contributed by atoms with Gasteiger partial charge in [0.15, 0.2) is 11.5 Å². The van der Waals surface area contributed by atoms with Gasteiger partial charge in [-0.3, -0.25) is 4.79 Å². The van der Waals surface area contributed by atoms with E-state index in [-0.39, 0.29) is 11.8 Å². The summed E-state index contributed by atoms with van der Waals surface area (Å²) in [6, 6.07) is 3.23. The van der Waals surface area contributed by atoms with Crippen LogP contribution in [-0.2, 0) is 4.74 Å². The van der Waals surface area contributed by atoms with Crippen molar-refractivity contribution in [2.45, 2.75) is 18.9 Å². The number of likely N-dealkylation sites (tertiary alicyclic amines) is 1. The van der Waals surface area contributed by atoms with E-state index in [1.54, 1.807) is 19.2 Å². The molecule has 2 N–H and O–H groups in total. The third-order valence-corrected chi connectivity index (χ3v) is 5.22. The number of methoxy groups -OCH3 is 1. The highest BCUT2D eigenvalue weighted by Crippen LogP contribution is 2.36. The van der Waals surface area contributed by atoms with Crippen LogP contribution >= 0.6 is 11.6 Å². The fourth-order valence-electron chi connectivity index (χ4n) is 3.53. The maximum atomic E-state index is 12.6. The molecule has 0 aromatic heterocycles. The summed E-state index contributed by atoms with van der Waals surface area (Å²) in [5.41, 5.74) is 0.365. The molecule has 0 spiro atoms. The molecule has 27 heavy (non-hydrogen) atoms. The number of amides is 1. The molecule has 3 rings (SSSR count). The van der Waals surface area contributed by atoms with Crippen molar-refractivity contribution in [2.75, 3.05) is 53.1 Å². The van der Waals surface area contributed by atoms with E-state index in [4.69, 9.17) is 25.8 Å². The molecule has 0 aliphatic carbocycles. The second-order valence-corrected chi connectivity index (χ2v) is 7.39. The molecule has 0 saturated carbocycles. The first-order chi connectivity index (χ1) is 13.1. The van der Waals surface area contributed by atoms with E-state index in [2.05, 4.69) is 10.2 Å². The van der Waals surface area contributed by atoms with Crippen molar-refractivity contribution in [3.8, 4) is 11.5 Å². The van der Waals surface area contributed by atoms with Gasteiger partial charge in [-0.05, 0) is 25.5 Å². The summed E-state index contributed by atoms with van der Waals surface area (Å²) in [7, 11) is 1.69. The molecule has 2 unspecified atom stereocenters. The van der Waals surface area contributed by atoms with Gasteiger partial charge >= 0.3 is 0 Å². The van der Waals surface area contributed by atoms with Crippen LogP contribution in [0.1, 0.15) is 23.2 Å². The molecule has 1 amide bonds. The van der Waals surface area contributed by atoms with E-state index in [0.717, 1.165) is 32.5 Å². The summed E-state index contributed by atoms with van der Waals surface area (Å²) in [5, 5.41) is 13.8. The van der Waals surface area contributed by atoms with Crippen molar-refractivity contribution >= 4 is 17.5 Å². The lowest BCUT2D eigenvalue weighted by Gasteiger charge is -2.36. The van der Waals surface area contributed by atoms with Gasteiger partial charge in [0.25, 0.3) is 5.91 Å². The second kappa shape index (κ2) is 9.59. The fourth-order valence-corrected chi connectivity index (χ4v) is 3.74. The third kappa shape index (κ3) is 5.25. The maximum absolute atomic E-state index is 12.6. The molecule has 1 aromatic carbocycles. The highest BCUT2D eigenvalue weighted by Gasteiger charge is 2.28. The Kier molecular flexibility index (Phi) is 7.18. The van der Waals surface area contributed by atoms with Crippen LogP contribution in [0, 0.1) is 5.92 Å². The lowest BCUT2D eigenvalue weighted by atomic mass is 9.93. The number of nitrogens with zero attached hydrogens (tertiary/aromatic N) is 1. The number of aliphatic hydroxyl groups is 1. The minimum absolute atomic E-state index is 0.0276. The first-order valence-electron chi connectivity index (χ1n) is 9.35. The van der Waals surface area contributed by atoms with Gasteiger partial charge in [-0.1, -0.05) is 11.6 Å². The lowest BCUT2D eigenvalue weighted by Crippen LogP contribution is -2.48. The predicted octanol–water partition coefficient (Wildman–Crippen LogP) is 1.56. The highest BCUT2D eigenvalue weighted by molar-refractivity contribution is 6.31. The Morgan fingerprint density at radius 3 is 3.00 bits per heavy atom. The zero-order chi connectivity index (χ0) is 19.2. The molecule has 2 atom stereocenters. The highest BCUT2D eigenvalue weighted by atomic mass is 35.5. The third-order valence-electron chi connectivity index (χ3n) is 5.00. The van der Waals surface area contributed by atoms with Crippen molar-refractivity contribution in [3.63, 3.8) is 0 Å². The molecule has 0 bridgehead atoms. The van der Waals surface area contributed by atoms with Crippen LogP contribution in [0.25, 0.3) is 0 Å². The minimum Gasteiger partial charge on any atom is -0.486 e. The summed E-state index contributed by atoms with van der Waals surface area (Å²) in [6.45, 7) is 4.41. The standard InChI is InChI=1S/C19H27ClN2O5/c1-25-6-2-4-22-5-3-13(16(23)12-22)11-21-19(24)15-9-14(20)10-17-18(15)27-8-7-26-17/h9-10,13,16,23H,2-8,11-12H2,1H3,(H,21,24). The number of ether oxygens (including phenoxy) is 3. The topological polar surface area (TPSA) is 80.3 Å². The monoisotopic (exact) mass is 398 g/mol. The number of carbonyl (C=O) groups is 1. The normalized spacial score (nSPS) is 22.5. The largest absolute Gasteiger partial charge is 0.486 e. The van der Waals surface area contributed by atoms with E-state index < -0.39 is 6.10 Å². The van der Waals surface area contributed by atoms with E-state index in [1.165, 1.54) is 0 Å². The Morgan fingerprint density at radius 1 is 1.41 bits per heavy atom. The zero-order valence-electron chi connectivity index (χ0n) is 15.6. The average Bonchev–Trinajstić information content (AvgIpc) is 2.66. The number of piperidine rings is 1. The predicted molar refractivity (Wildman–Crippen MR) is 102 cm³/mol. The second-order valence-electron chi connectivity index (χ2n) is 6.95. The van der Waals surface area contributed by atoms with Gasteiger partial charge in [0, 0.05) is 50.4 Å². The Balaban J connectivity index is 1.53. The number of halogens is 1. The molecule has 1 aromatic rings. The molecule has 0 radical (unpaired) electrons. The molecule has 2 aliphatic heterocycles. The molecule has 1 saturated heterocycles. The number of hydrogen-bond acceptors (Lipinski definition) is 6. The van der Waals surface area contributed by atoms with Crippen LogP contribution < -0.4 is 14.8 Å². The summed E-state index contributed by atoms with van der Waals surface area (Å²) in [6.07, 6.45) is 1.32. The summed E-state index contributed by atoms with van der Waals surface area (Å²) in [4.78, 5) is 14.9. The fraction of sp³-hybridized carbons (Fsp3) is 0.632. The Bertz CT molecular complexity index is 657. The molecular formula is C19H27ClN2O5. The number of carbonyl (C=O) groups excluding carboxylic acids is 1. The number of aliphatic hydroxyl groups excluding tert-OH is 1.